The van der Waals surface area contributed by atoms with E-state index in [4.69, 9.17) is 4.74 Å². The maximum absolute atomic E-state index is 11.0. The molecule has 0 spiro atoms. The van der Waals surface area contributed by atoms with Crippen molar-refractivity contribution in [2.45, 2.75) is 12.8 Å². The van der Waals surface area contributed by atoms with Crippen LogP contribution in [0.1, 0.15) is 21.7 Å². The molecule has 1 aromatic carbocycles. The van der Waals surface area contributed by atoms with E-state index in [2.05, 4.69) is 15.5 Å². The van der Waals surface area contributed by atoms with Gasteiger partial charge < -0.3 is 4.74 Å². The lowest BCUT2D eigenvalue weighted by atomic mass is 10.0. The highest BCUT2D eigenvalue weighted by Crippen LogP contribution is 2.28. The molecule has 1 aliphatic rings. The number of tetrazole rings is 1. The minimum Gasteiger partial charge on any atom is -0.496 e. The second-order valence-corrected chi connectivity index (χ2v) is 3.85. The van der Waals surface area contributed by atoms with Gasteiger partial charge in [0.1, 0.15) is 5.75 Å². The summed E-state index contributed by atoms with van der Waals surface area (Å²) in [6, 6.07) is 3.64. The van der Waals surface area contributed by atoms with Crippen LogP contribution in [-0.4, -0.2) is 33.6 Å². The number of carbonyl (C=O) groups excluding carboxylic acids is 1. The minimum absolute atomic E-state index is 0.509. The van der Waals surface area contributed by atoms with E-state index in [1.807, 2.05) is 6.07 Å². The fraction of sp³-hybridized carbons (Fsp3) is 0.273. The molecule has 6 nitrogen and oxygen atoms in total. The summed E-state index contributed by atoms with van der Waals surface area (Å²) in [6.07, 6.45) is 2.42. The van der Waals surface area contributed by atoms with Crippen LogP contribution < -0.4 is 4.74 Å². The van der Waals surface area contributed by atoms with Gasteiger partial charge in [0.05, 0.1) is 18.4 Å². The lowest BCUT2D eigenvalue weighted by Gasteiger charge is -2.17. The van der Waals surface area contributed by atoms with Gasteiger partial charge in [-0.05, 0) is 34.5 Å². The van der Waals surface area contributed by atoms with Crippen LogP contribution >= 0.6 is 0 Å². The van der Waals surface area contributed by atoms with Gasteiger partial charge in [-0.1, -0.05) is 0 Å². The molecule has 1 aromatic heterocycles. The van der Waals surface area contributed by atoms with Gasteiger partial charge in [-0.3, -0.25) is 4.79 Å². The van der Waals surface area contributed by atoms with E-state index in [0.717, 1.165) is 36.2 Å². The van der Waals surface area contributed by atoms with Crippen molar-refractivity contribution in [3.63, 3.8) is 0 Å². The number of ether oxygens (including phenoxy) is 1. The molecule has 0 N–H and O–H groups in total. The number of rotatable bonds is 2. The van der Waals surface area contributed by atoms with Crippen molar-refractivity contribution in [2.24, 2.45) is 0 Å². The Morgan fingerprint density at radius 1 is 1.41 bits per heavy atom. The third kappa shape index (κ3) is 1.41. The molecule has 0 bridgehead atoms. The van der Waals surface area contributed by atoms with E-state index in [-0.39, 0.29) is 0 Å². The van der Waals surface area contributed by atoms with Gasteiger partial charge in [0.25, 0.3) is 0 Å². The van der Waals surface area contributed by atoms with Crippen LogP contribution in [0.2, 0.25) is 0 Å². The molecule has 0 unspecified atom stereocenters. The Balaban J connectivity index is 2.24. The molecule has 0 aliphatic carbocycles. The van der Waals surface area contributed by atoms with Crippen molar-refractivity contribution in [1.82, 2.24) is 20.2 Å². The van der Waals surface area contributed by atoms with Crippen LogP contribution in [0.5, 0.6) is 5.75 Å². The zero-order valence-corrected chi connectivity index (χ0v) is 9.25. The van der Waals surface area contributed by atoms with Crippen molar-refractivity contribution in [3.8, 4) is 11.4 Å². The first-order chi connectivity index (χ1) is 8.33. The van der Waals surface area contributed by atoms with Gasteiger partial charge in [0.15, 0.2) is 12.1 Å². The summed E-state index contributed by atoms with van der Waals surface area (Å²) in [6.45, 7) is 0. The van der Waals surface area contributed by atoms with E-state index in [9.17, 15) is 4.79 Å². The largest absolute Gasteiger partial charge is 0.496 e. The lowest BCUT2D eigenvalue weighted by molar-refractivity contribution is 0.112. The first-order valence-electron chi connectivity index (χ1n) is 5.27. The summed E-state index contributed by atoms with van der Waals surface area (Å²) >= 11 is 0. The van der Waals surface area contributed by atoms with E-state index in [1.54, 1.807) is 17.9 Å². The van der Waals surface area contributed by atoms with Crippen molar-refractivity contribution in [2.75, 3.05) is 7.11 Å². The van der Waals surface area contributed by atoms with E-state index in [1.165, 1.54) is 0 Å². The molecule has 3 rings (SSSR count). The number of nitrogens with zero attached hydrogens (tertiary/aromatic N) is 4. The Morgan fingerprint density at radius 2 is 2.29 bits per heavy atom. The molecular formula is C11H10N4O2. The van der Waals surface area contributed by atoms with Gasteiger partial charge >= 0.3 is 0 Å². The summed E-state index contributed by atoms with van der Waals surface area (Å²) < 4.78 is 6.85. The quantitative estimate of drug-likeness (QED) is 0.706. The Labute approximate surface area is 97.2 Å². The van der Waals surface area contributed by atoms with Gasteiger partial charge in [-0.2, -0.15) is 4.68 Å². The lowest BCUT2D eigenvalue weighted by Crippen LogP contribution is -2.14. The fourth-order valence-corrected chi connectivity index (χ4v) is 2.09. The van der Waals surface area contributed by atoms with Crippen LogP contribution in [0.25, 0.3) is 5.69 Å². The van der Waals surface area contributed by atoms with Crippen LogP contribution in [-0.2, 0) is 12.8 Å². The molecule has 6 heteroatoms. The van der Waals surface area contributed by atoms with Crippen molar-refractivity contribution < 1.29 is 9.53 Å². The number of hydrogen-bond donors (Lipinski definition) is 0. The standard InChI is InChI=1S/C11H10N4O2/c1-17-10-5-7-2-3-11-12-13-14-15(11)9(7)4-8(10)6-16/h4-6H,2-3H2,1H3. The maximum atomic E-state index is 11.0. The Bertz CT molecular complexity index is 591. The van der Waals surface area contributed by atoms with E-state index in [0.29, 0.717) is 11.3 Å². The number of carbonyl (C=O) groups is 1. The van der Waals surface area contributed by atoms with Gasteiger partial charge in [0.2, 0.25) is 0 Å². The molecule has 0 saturated carbocycles. The second kappa shape index (κ2) is 3.65. The molecule has 0 amide bonds. The zero-order valence-electron chi connectivity index (χ0n) is 9.25. The Kier molecular flexibility index (Phi) is 2.14. The SMILES string of the molecule is COc1cc2c(cc1C=O)-n1nnnc1CC2. The highest BCUT2D eigenvalue weighted by atomic mass is 16.5. The normalized spacial score (nSPS) is 12.8. The summed E-state index contributed by atoms with van der Waals surface area (Å²) in [5, 5.41) is 11.5. The molecule has 0 fully saturated rings. The van der Waals surface area contributed by atoms with Gasteiger partial charge in [-0.15, -0.1) is 5.10 Å². The molecular weight excluding hydrogens is 220 g/mol. The second-order valence-electron chi connectivity index (χ2n) is 3.85. The minimum atomic E-state index is 0.509. The fourth-order valence-electron chi connectivity index (χ4n) is 2.09. The molecule has 86 valence electrons. The molecule has 2 aromatic rings. The number of aromatic nitrogens is 4. The van der Waals surface area contributed by atoms with Crippen molar-refractivity contribution in [1.29, 1.82) is 0 Å². The molecule has 17 heavy (non-hydrogen) atoms. The highest BCUT2D eigenvalue weighted by Gasteiger charge is 2.20. The summed E-state index contributed by atoms with van der Waals surface area (Å²) in [5.74, 6) is 1.41. The smallest absolute Gasteiger partial charge is 0.157 e. The van der Waals surface area contributed by atoms with Crippen molar-refractivity contribution >= 4 is 6.29 Å². The average molecular weight is 230 g/mol. The number of hydrogen-bond acceptors (Lipinski definition) is 5. The number of methoxy groups -OCH3 is 1. The average Bonchev–Trinajstić information content (AvgIpc) is 2.85. The summed E-state index contributed by atoms with van der Waals surface area (Å²) in [5.41, 5.74) is 2.46. The molecule has 0 saturated heterocycles. The number of aryl methyl sites for hydroxylation is 2. The molecule has 0 atom stereocenters. The maximum Gasteiger partial charge on any atom is 0.157 e. The Morgan fingerprint density at radius 3 is 3.06 bits per heavy atom. The van der Waals surface area contributed by atoms with Crippen LogP contribution in [0.4, 0.5) is 0 Å². The topological polar surface area (TPSA) is 69.9 Å². The van der Waals surface area contributed by atoms with Gasteiger partial charge in [0, 0.05) is 6.42 Å². The predicted octanol–water partition coefficient (Wildman–Crippen LogP) is 0.582. The first-order valence-corrected chi connectivity index (χ1v) is 5.27. The van der Waals surface area contributed by atoms with Crippen LogP contribution in [0, 0.1) is 0 Å². The third-order valence-corrected chi connectivity index (χ3v) is 2.94. The molecule has 2 heterocycles. The number of benzene rings is 1. The molecule has 0 radical (unpaired) electrons. The van der Waals surface area contributed by atoms with Gasteiger partial charge in [-0.25, -0.2) is 0 Å². The monoisotopic (exact) mass is 230 g/mol. The third-order valence-electron chi connectivity index (χ3n) is 2.94. The number of fused-ring (bicyclic) bond motifs is 3. The predicted molar refractivity (Wildman–Crippen MR) is 58.5 cm³/mol. The number of aldehydes is 1. The molecule has 1 aliphatic heterocycles. The highest BCUT2D eigenvalue weighted by molar-refractivity contribution is 5.81. The summed E-state index contributed by atoms with van der Waals surface area (Å²) in [7, 11) is 1.56. The van der Waals surface area contributed by atoms with E-state index < -0.39 is 0 Å². The zero-order chi connectivity index (χ0) is 11.8. The van der Waals surface area contributed by atoms with Crippen LogP contribution in [0.3, 0.4) is 0 Å². The van der Waals surface area contributed by atoms with Crippen LogP contribution in [0.15, 0.2) is 12.1 Å². The van der Waals surface area contributed by atoms with E-state index >= 15 is 0 Å². The Hall–Kier alpha value is -2.24. The van der Waals surface area contributed by atoms with Crippen molar-refractivity contribution in [3.05, 3.63) is 29.1 Å². The summed E-state index contributed by atoms with van der Waals surface area (Å²) in [4.78, 5) is 11.0. The first kappa shape index (κ1) is 9.95.